The van der Waals surface area contributed by atoms with Crippen molar-refractivity contribution in [1.82, 2.24) is 4.72 Å². The molecule has 1 amide bonds. The molecule has 0 fully saturated rings. The van der Waals surface area contributed by atoms with Gasteiger partial charge >= 0.3 is 5.97 Å². The van der Waals surface area contributed by atoms with Gasteiger partial charge in [-0.3, -0.25) is 9.59 Å². The fraction of sp³-hybridized carbons (Fsp3) is 0.273. The van der Waals surface area contributed by atoms with Gasteiger partial charge in [0.1, 0.15) is 11.9 Å². The maximum atomic E-state index is 12.9. The lowest BCUT2D eigenvalue weighted by atomic mass is 10.2. The van der Waals surface area contributed by atoms with Crippen LogP contribution in [0.25, 0.3) is 0 Å². The molecule has 0 unspecified atom stereocenters. The number of carboxylic acid groups (broad SMARTS) is 1. The zero-order valence-corrected chi connectivity index (χ0v) is 12.9. The maximum Gasteiger partial charge on any atom is 0.321 e. The predicted molar refractivity (Wildman–Crippen MR) is 74.3 cm³/mol. The normalized spacial score (nSPS) is 12.9. The van der Waals surface area contributed by atoms with Crippen LogP contribution in [-0.2, 0) is 19.6 Å². The second kappa shape index (κ2) is 6.96. The Morgan fingerprint density at radius 2 is 2.05 bits per heavy atom. The van der Waals surface area contributed by atoms with Gasteiger partial charge in [-0.1, -0.05) is 0 Å². The smallest absolute Gasteiger partial charge is 0.321 e. The fourth-order valence-corrected chi connectivity index (χ4v) is 3.74. The Bertz CT molecular complexity index is 665. The van der Waals surface area contributed by atoms with Gasteiger partial charge in [-0.15, -0.1) is 0 Å². The third kappa shape index (κ3) is 5.06. The van der Waals surface area contributed by atoms with Crippen LogP contribution in [0.4, 0.5) is 4.39 Å². The van der Waals surface area contributed by atoms with Crippen LogP contribution in [0.1, 0.15) is 12.8 Å². The minimum absolute atomic E-state index is 0.0472. The summed E-state index contributed by atoms with van der Waals surface area (Å²) in [5.74, 6) is -2.84. The summed E-state index contributed by atoms with van der Waals surface area (Å²) in [6.45, 7) is 0. The van der Waals surface area contributed by atoms with Crippen molar-refractivity contribution in [1.29, 1.82) is 0 Å². The third-order valence-electron chi connectivity index (χ3n) is 2.46. The highest BCUT2D eigenvalue weighted by atomic mass is 79.9. The molecule has 116 valence electrons. The second-order valence-electron chi connectivity index (χ2n) is 4.09. The van der Waals surface area contributed by atoms with Crippen LogP contribution in [0.5, 0.6) is 0 Å². The van der Waals surface area contributed by atoms with Gasteiger partial charge < -0.3 is 10.8 Å². The first-order valence-electron chi connectivity index (χ1n) is 5.62. The number of aliphatic carboxylic acids is 1. The van der Waals surface area contributed by atoms with Gasteiger partial charge in [0.2, 0.25) is 15.9 Å². The van der Waals surface area contributed by atoms with E-state index in [1.165, 1.54) is 0 Å². The number of nitrogens with two attached hydrogens (primary N) is 1. The molecule has 0 aliphatic carbocycles. The summed E-state index contributed by atoms with van der Waals surface area (Å²) in [5, 5.41) is 8.96. The van der Waals surface area contributed by atoms with E-state index in [2.05, 4.69) is 15.9 Å². The lowest BCUT2D eigenvalue weighted by Crippen LogP contribution is -2.41. The van der Waals surface area contributed by atoms with E-state index in [0.717, 1.165) is 18.2 Å². The Hall–Kier alpha value is -1.52. The fourth-order valence-electron chi connectivity index (χ4n) is 1.46. The molecule has 1 atom stereocenters. The highest BCUT2D eigenvalue weighted by Gasteiger charge is 2.27. The standard InChI is InChI=1S/C11H12BrFN2O5S/c12-7-5-6(13)1-3-9(7)21(19,20)15-8(11(17)18)2-4-10(14)16/h1,3,5,8,15H,2,4H2,(H2,14,16)(H,17,18)/t8-/m1/s1. The Morgan fingerprint density at radius 3 is 2.52 bits per heavy atom. The molecule has 0 aliphatic rings. The minimum atomic E-state index is -4.20. The molecular weight excluding hydrogens is 371 g/mol. The molecule has 0 bridgehead atoms. The number of primary amides is 1. The Morgan fingerprint density at radius 1 is 1.43 bits per heavy atom. The summed E-state index contributed by atoms with van der Waals surface area (Å²) in [4.78, 5) is 21.4. The molecule has 21 heavy (non-hydrogen) atoms. The van der Waals surface area contributed by atoms with E-state index in [-0.39, 0.29) is 22.2 Å². The first-order valence-corrected chi connectivity index (χ1v) is 7.89. The Labute approximate surface area is 128 Å². The van der Waals surface area contributed by atoms with Crippen molar-refractivity contribution in [3.63, 3.8) is 0 Å². The quantitative estimate of drug-likeness (QED) is 0.635. The Kier molecular flexibility index (Phi) is 5.81. The monoisotopic (exact) mass is 382 g/mol. The van der Waals surface area contributed by atoms with E-state index in [0.29, 0.717) is 0 Å². The van der Waals surface area contributed by atoms with Crippen molar-refractivity contribution in [2.24, 2.45) is 5.73 Å². The zero-order valence-electron chi connectivity index (χ0n) is 10.5. The SMILES string of the molecule is NC(=O)CC[C@@H](NS(=O)(=O)c1ccc(F)cc1Br)C(=O)O. The van der Waals surface area contributed by atoms with Crippen LogP contribution in [0.2, 0.25) is 0 Å². The molecular formula is C11H12BrFN2O5S. The summed E-state index contributed by atoms with van der Waals surface area (Å²) in [7, 11) is -4.20. The molecule has 0 heterocycles. The van der Waals surface area contributed by atoms with Crippen molar-refractivity contribution in [2.75, 3.05) is 0 Å². The summed E-state index contributed by atoms with van der Waals surface area (Å²) >= 11 is 2.89. The number of benzene rings is 1. The predicted octanol–water partition coefficient (Wildman–Crippen LogP) is 0.585. The van der Waals surface area contributed by atoms with E-state index in [9.17, 15) is 22.4 Å². The minimum Gasteiger partial charge on any atom is -0.480 e. The van der Waals surface area contributed by atoms with Crippen molar-refractivity contribution >= 4 is 37.8 Å². The van der Waals surface area contributed by atoms with Gasteiger partial charge in [0.25, 0.3) is 0 Å². The average molecular weight is 383 g/mol. The van der Waals surface area contributed by atoms with Crippen molar-refractivity contribution < 1.29 is 27.5 Å². The number of rotatable bonds is 7. The second-order valence-corrected chi connectivity index (χ2v) is 6.63. The van der Waals surface area contributed by atoms with Gasteiger partial charge in [-0.2, -0.15) is 4.72 Å². The molecule has 1 aromatic rings. The number of halogens is 2. The number of nitrogens with one attached hydrogen (secondary N) is 1. The lowest BCUT2D eigenvalue weighted by Gasteiger charge is -2.15. The van der Waals surface area contributed by atoms with Gasteiger partial charge in [0.05, 0.1) is 4.90 Å². The number of carbonyl (C=O) groups is 2. The highest BCUT2D eigenvalue weighted by Crippen LogP contribution is 2.23. The number of carbonyl (C=O) groups excluding carboxylic acids is 1. The van der Waals surface area contributed by atoms with Gasteiger partial charge in [-0.25, -0.2) is 12.8 Å². The summed E-state index contributed by atoms with van der Waals surface area (Å²) in [5.41, 5.74) is 4.90. The molecule has 0 saturated carbocycles. The molecule has 0 aliphatic heterocycles. The molecule has 0 aromatic heterocycles. The molecule has 4 N–H and O–H groups in total. The third-order valence-corrected chi connectivity index (χ3v) is 4.91. The van der Waals surface area contributed by atoms with E-state index in [1.807, 2.05) is 4.72 Å². The van der Waals surface area contributed by atoms with Crippen LogP contribution in [0, 0.1) is 5.82 Å². The van der Waals surface area contributed by atoms with Crippen LogP contribution in [0.3, 0.4) is 0 Å². The molecule has 0 saturated heterocycles. The Balaban J connectivity index is 3.00. The van der Waals surface area contributed by atoms with Crippen LogP contribution in [0.15, 0.2) is 27.6 Å². The molecule has 1 aromatic carbocycles. The van der Waals surface area contributed by atoms with Gasteiger partial charge in [0.15, 0.2) is 0 Å². The van der Waals surface area contributed by atoms with E-state index in [1.54, 1.807) is 0 Å². The van der Waals surface area contributed by atoms with Gasteiger partial charge in [0, 0.05) is 10.9 Å². The van der Waals surface area contributed by atoms with Crippen molar-refractivity contribution in [2.45, 2.75) is 23.8 Å². The van der Waals surface area contributed by atoms with E-state index < -0.39 is 33.8 Å². The van der Waals surface area contributed by atoms with E-state index in [4.69, 9.17) is 10.8 Å². The number of hydrogen-bond acceptors (Lipinski definition) is 4. The molecule has 0 radical (unpaired) electrons. The largest absolute Gasteiger partial charge is 0.480 e. The van der Waals surface area contributed by atoms with Crippen LogP contribution in [-0.4, -0.2) is 31.4 Å². The molecule has 10 heteroatoms. The molecule has 7 nitrogen and oxygen atoms in total. The van der Waals surface area contributed by atoms with E-state index >= 15 is 0 Å². The van der Waals surface area contributed by atoms with Crippen molar-refractivity contribution in [3.8, 4) is 0 Å². The highest BCUT2D eigenvalue weighted by molar-refractivity contribution is 9.10. The molecule has 1 rings (SSSR count). The number of sulfonamides is 1. The van der Waals surface area contributed by atoms with Crippen LogP contribution >= 0.6 is 15.9 Å². The number of carboxylic acids is 1. The topological polar surface area (TPSA) is 127 Å². The van der Waals surface area contributed by atoms with Crippen LogP contribution < -0.4 is 10.5 Å². The molecule has 0 spiro atoms. The number of hydrogen-bond donors (Lipinski definition) is 3. The lowest BCUT2D eigenvalue weighted by molar-refractivity contribution is -0.139. The van der Waals surface area contributed by atoms with Crippen molar-refractivity contribution in [3.05, 3.63) is 28.5 Å². The number of amides is 1. The summed E-state index contributed by atoms with van der Waals surface area (Å²) in [6, 6.07) is 1.35. The summed E-state index contributed by atoms with van der Waals surface area (Å²) in [6.07, 6.45) is -0.577. The van der Waals surface area contributed by atoms with Gasteiger partial charge in [-0.05, 0) is 40.5 Å². The first-order chi connectivity index (χ1) is 9.63. The summed E-state index contributed by atoms with van der Waals surface area (Å²) < 4.78 is 39.0. The zero-order chi connectivity index (χ0) is 16.2. The first kappa shape index (κ1) is 17.5. The average Bonchev–Trinajstić information content (AvgIpc) is 2.33. The maximum absolute atomic E-state index is 12.9.